The average molecular weight is 221 g/mol. The molecule has 0 atom stereocenters. The van der Waals surface area contributed by atoms with Crippen molar-refractivity contribution in [3.8, 4) is 5.75 Å². The molecule has 0 saturated carbocycles. The van der Waals surface area contributed by atoms with Gasteiger partial charge in [-0.15, -0.1) is 0 Å². The summed E-state index contributed by atoms with van der Waals surface area (Å²) in [6, 6.07) is 9.03. The molecule has 1 aliphatic heterocycles. The second kappa shape index (κ2) is 4.14. The Bertz CT molecular complexity index is 375. The van der Waals surface area contributed by atoms with E-state index in [1.165, 1.54) is 0 Å². The smallest absolute Gasteiger partial charge is 0.410 e. The molecule has 0 aromatic heterocycles. The minimum absolute atomic E-state index is 0.290. The molecule has 1 amide bonds. The third kappa shape index (κ3) is 2.17. The topological polar surface area (TPSA) is 38.8 Å². The van der Waals surface area contributed by atoms with Gasteiger partial charge in [0.1, 0.15) is 12.5 Å². The molecule has 1 saturated heterocycles. The van der Waals surface area contributed by atoms with Gasteiger partial charge in [-0.1, -0.05) is 18.2 Å². The van der Waals surface area contributed by atoms with Crippen molar-refractivity contribution < 1.29 is 14.3 Å². The molecule has 16 heavy (non-hydrogen) atoms. The first-order chi connectivity index (χ1) is 7.59. The van der Waals surface area contributed by atoms with Gasteiger partial charge in [-0.05, 0) is 26.0 Å². The van der Waals surface area contributed by atoms with Crippen LogP contribution in [0.25, 0.3) is 0 Å². The lowest BCUT2D eigenvalue weighted by atomic mass is 10.1. The summed E-state index contributed by atoms with van der Waals surface area (Å²) in [5.41, 5.74) is -0.300. The highest BCUT2D eigenvalue weighted by atomic mass is 16.6. The predicted octanol–water partition coefficient (Wildman–Crippen LogP) is 2.25. The van der Waals surface area contributed by atoms with Crippen molar-refractivity contribution in [2.75, 3.05) is 13.3 Å². The normalized spacial score (nSPS) is 18.5. The molecule has 4 heteroatoms. The Labute approximate surface area is 94.8 Å². The maximum Gasteiger partial charge on any atom is 0.417 e. The Balaban J connectivity index is 2.04. The number of para-hydroxylation sites is 1. The molecule has 2 rings (SSSR count). The van der Waals surface area contributed by atoms with Gasteiger partial charge in [-0.25, -0.2) is 4.79 Å². The fraction of sp³-hybridized carbons (Fsp3) is 0.417. The first-order valence-corrected chi connectivity index (χ1v) is 5.22. The molecule has 1 fully saturated rings. The van der Waals surface area contributed by atoms with Gasteiger partial charge in [0, 0.05) is 0 Å². The summed E-state index contributed by atoms with van der Waals surface area (Å²) in [4.78, 5) is 13.4. The number of carbonyl (C=O) groups is 1. The molecular formula is C12H15NO3. The number of nitrogens with zero attached hydrogens (tertiary/aromatic N) is 1. The van der Waals surface area contributed by atoms with Crippen molar-refractivity contribution in [3.05, 3.63) is 30.3 Å². The van der Waals surface area contributed by atoms with E-state index in [1.54, 1.807) is 17.0 Å². The Morgan fingerprint density at radius 1 is 1.38 bits per heavy atom. The SMILES string of the molecule is CC1(C)COCN1C(=O)Oc1ccccc1. The fourth-order valence-corrected chi connectivity index (χ4v) is 1.58. The van der Waals surface area contributed by atoms with E-state index in [1.807, 2.05) is 32.0 Å². The van der Waals surface area contributed by atoms with Crippen molar-refractivity contribution in [1.29, 1.82) is 0 Å². The quantitative estimate of drug-likeness (QED) is 0.730. The number of ether oxygens (including phenoxy) is 2. The van der Waals surface area contributed by atoms with Crippen molar-refractivity contribution >= 4 is 6.09 Å². The van der Waals surface area contributed by atoms with E-state index in [0.29, 0.717) is 19.1 Å². The molecule has 0 aliphatic carbocycles. The number of amides is 1. The van der Waals surface area contributed by atoms with Crippen LogP contribution in [0, 0.1) is 0 Å². The predicted molar refractivity (Wildman–Crippen MR) is 59.2 cm³/mol. The van der Waals surface area contributed by atoms with Gasteiger partial charge >= 0.3 is 6.09 Å². The van der Waals surface area contributed by atoms with Crippen molar-refractivity contribution in [1.82, 2.24) is 4.90 Å². The summed E-state index contributed by atoms with van der Waals surface area (Å²) >= 11 is 0. The molecule has 1 heterocycles. The monoisotopic (exact) mass is 221 g/mol. The zero-order chi connectivity index (χ0) is 11.6. The molecule has 86 valence electrons. The first-order valence-electron chi connectivity index (χ1n) is 5.22. The molecule has 1 aromatic rings. The third-order valence-corrected chi connectivity index (χ3v) is 2.58. The highest BCUT2D eigenvalue weighted by Gasteiger charge is 2.37. The zero-order valence-electron chi connectivity index (χ0n) is 9.47. The van der Waals surface area contributed by atoms with Gasteiger partial charge in [-0.2, -0.15) is 0 Å². The van der Waals surface area contributed by atoms with Crippen LogP contribution in [0.3, 0.4) is 0 Å². The summed E-state index contributed by atoms with van der Waals surface area (Å²) < 4.78 is 10.5. The van der Waals surface area contributed by atoms with Crippen LogP contribution in [0.15, 0.2) is 30.3 Å². The number of hydrogen-bond acceptors (Lipinski definition) is 3. The Morgan fingerprint density at radius 2 is 2.06 bits per heavy atom. The third-order valence-electron chi connectivity index (χ3n) is 2.58. The molecular weight excluding hydrogens is 206 g/mol. The average Bonchev–Trinajstić information content (AvgIpc) is 2.59. The van der Waals surface area contributed by atoms with Crippen LogP contribution in [0.2, 0.25) is 0 Å². The van der Waals surface area contributed by atoms with Crippen LogP contribution in [0.5, 0.6) is 5.75 Å². The number of rotatable bonds is 1. The van der Waals surface area contributed by atoms with Crippen LogP contribution in [0.1, 0.15) is 13.8 Å². The van der Waals surface area contributed by atoms with Crippen LogP contribution in [0.4, 0.5) is 4.79 Å². The van der Waals surface area contributed by atoms with Crippen molar-refractivity contribution in [3.63, 3.8) is 0 Å². The number of benzene rings is 1. The van der Waals surface area contributed by atoms with E-state index < -0.39 is 0 Å². The highest BCUT2D eigenvalue weighted by Crippen LogP contribution is 2.23. The van der Waals surface area contributed by atoms with Gasteiger partial charge in [0.05, 0.1) is 12.1 Å². The molecule has 1 aliphatic rings. The molecule has 0 radical (unpaired) electrons. The lowest BCUT2D eigenvalue weighted by molar-refractivity contribution is 0.108. The largest absolute Gasteiger partial charge is 0.417 e. The summed E-state index contributed by atoms with van der Waals surface area (Å²) in [7, 11) is 0. The van der Waals surface area contributed by atoms with E-state index in [2.05, 4.69) is 0 Å². The molecule has 0 unspecified atom stereocenters. The number of hydrogen-bond donors (Lipinski definition) is 0. The summed E-state index contributed by atoms with van der Waals surface area (Å²) in [6.45, 7) is 4.73. The lowest BCUT2D eigenvalue weighted by Gasteiger charge is -2.27. The Morgan fingerprint density at radius 3 is 2.62 bits per heavy atom. The zero-order valence-corrected chi connectivity index (χ0v) is 9.47. The lowest BCUT2D eigenvalue weighted by Crippen LogP contribution is -2.45. The summed E-state index contributed by atoms with van der Waals surface area (Å²) in [5.74, 6) is 0.551. The molecule has 4 nitrogen and oxygen atoms in total. The molecule has 0 spiro atoms. The highest BCUT2D eigenvalue weighted by molar-refractivity contribution is 5.71. The maximum absolute atomic E-state index is 11.9. The first kappa shape index (κ1) is 11.0. The standard InChI is InChI=1S/C12H15NO3/c1-12(2)8-15-9-13(12)11(14)16-10-6-4-3-5-7-10/h3-7H,8-9H2,1-2H3. The van der Waals surface area contributed by atoms with Crippen LogP contribution < -0.4 is 4.74 Å². The Kier molecular flexibility index (Phi) is 2.83. The van der Waals surface area contributed by atoms with Crippen molar-refractivity contribution in [2.45, 2.75) is 19.4 Å². The van der Waals surface area contributed by atoms with E-state index in [-0.39, 0.29) is 11.6 Å². The number of carbonyl (C=O) groups excluding carboxylic acids is 1. The molecule has 1 aromatic carbocycles. The van der Waals surface area contributed by atoms with Gasteiger partial charge in [0.15, 0.2) is 0 Å². The fourth-order valence-electron chi connectivity index (χ4n) is 1.58. The van der Waals surface area contributed by atoms with E-state index in [0.717, 1.165) is 0 Å². The van der Waals surface area contributed by atoms with Gasteiger partial charge in [0.25, 0.3) is 0 Å². The second-order valence-corrected chi connectivity index (χ2v) is 4.40. The van der Waals surface area contributed by atoms with E-state index in [9.17, 15) is 4.79 Å². The van der Waals surface area contributed by atoms with E-state index >= 15 is 0 Å². The van der Waals surface area contributed by atoms with Crippen LogP contribution >= 0.6 is 0 Å². The van der Waals surface area contributed by atoms with Gasteiger partial charge in [0.2, 0.25) is 0 Å². The summed E-state index contributed by atoms with van der Waals surface area (Å²) in [5, 5.41) is 0. The van der Waals surface area contributed by atoms with E-state index in [4.69, 9.17) is 9.47 Å². The minimum Gasteiger partial charge on any atom is -0.410 e. The maximum atomic E-state index is 11.9. The summed E-state index contributed by atoms with van der Waals surface area (Å²) in [6.07, 6.45) is -0.367. The van der Waals surface area contributed by atoms with Crippen molar-refractivity contribution in [2.24, 2.45) is 0 Å². The van der Waals surface area contributed by atoms with Crippen LogP contribution in [-0.2, 0) is 4.74 Å². The van der Waals surface area contributed by atoms with Gasteiger partial charge < -0.3 is 9.47 Å². The molecule has 0 N–H and O–H groups in total. The Hall–Kier alpha value is -1.55. The molecule has 0 bridgehead atoms. The minimum atomic E-state index is -0.367. The second-order valence-electron chi connectivity index (χ2n) is 4.40. The van der Waals surface area contributed by atoms with Crippen LogP contribution in [-0.4, -0.2) is 29.9 Å². The van der Waals surface area contributed by atoms with Gasteiger partial charge in [-0.3, -0.25) is 4.90 Å².